The van der Waals surface area contributed by atoms with Crippen molar-refractivity contribution < 1.29 is 4.74 Å². The van der Waals surface area contributed by atoms with E-state index in [-0.39, 0.29) is 0 Å². The zero-order valence-electron chi connectivity index (χ0n) is 9.62. The molecule has 0 aliphatic carbocycles. The van der Waals surface area contributed by atoms with Gasteiger partial charge in [-0.15, -0.1) is 0 Å². The van der Waals surface area contributed by atoms with Crippen molar-refractivity contribution >= 4 is 0 Å². The molecule has 0 unspecified atom stereocenters. The Morgan fingerprint density at radius 2 is 2.29 bits per heavy atom. The third-order valence-corrected chi connectivity index (χ3v) is 2.76. The molecule has 80 valence electrons. The minimum Gasteiger partial charge on any atom is -0.378 e. The maximum atomic E-state index is 5.74. The lowest BCUT2D eigenvalue weighted by molar-refractivity contribution is 0.0816. The fourth-order valence-corrected chi connectivity index (χ4v) is 1.97. The van der Waals surface area contributed by atoms with Crippen LogP contribution in [0.3, 0.4) is 0 Å². The minimum absolute atomic E-state index is 0.435. The van der Waals surface area contributed by atoms with E-state index in [4.69, 9.17) is 4.74 Å². The lowest BCUT2D eigenvalue weighted by Crippen LogP contribution is -2.16. The first kappa shape index (κ1) is 11.5. The smallest absolute Gasteiger partial charge is 0.0641 e. The van der Waals surface area contributed by atoms with Crippen LogP contribution < -0.4 is 0 Å². The van der Waals surface area contributed by atoms with E-state index in [1.165, 1.54) is 18.4 Å². The Morgan fingerprint density at radius 1 is 1.57 bits per heavy atom. The molecule has 14 heavy (non-hydrogen) atoms. The Balaban J connectivity index is 2.55. The Morgan fingerprint density at radius 3 is 2.86 bits per heavy atom. The molecule has 0 saturated carbocycles. The number of rotatable bonds is 4. The normalized spacial score (nSPS) is 28.4. The van der Waals surface area contributed by atoms with Crippen molar-refractivity contribution in [1.82, 2.24) is 0 Å². The van der Waals surface area contributed by atoms with Crippen molar-refractivity contribution in [2.24, 2.45) is 11.8 Å². The van der Waals surface area contributed by atoms with Gasteiger partial charge in [-0.05, 0) is 25.7 Å². The zero-order chi connectivity index (χ0) is 10.6. The van der Waals surface area contributed by atoms with Gasteiger partial charge in [0.05, 0.1) is 6.10 Å². The summed E-state index contributed by atoms with van der Waals surface area (Å²) < 4.78 is 5.74. The number of allylic oxidation sites excluding steroid dienone is 2. The van der Waals surface area contributed by atoms with E-state index in [0.717, 1.165) is 12.5 Å². The predicted molar refractivity (Wildman–Crippen MR) is 61.3 cm³/mol. The molecular weight excluding hydrogens is 172 g/mol. The summed E-state index contributed by atoms with van der Waals surface area (Å²) in [4.78, 5) is 0. The Hall–Kier alpha value is -0.560. The van der Waals surface area contributed by atoms with E-state index in [1.807, 2.05) is 6.08 Å². The molecule has 1 aliphatic heterocycles. The molecule has 0 bridgehead atoms. The van der Waals surface area contributed by atoms with E-state index in [9.17, 15) is 0 Å². The molecule has 2 atom stereocenters. The average Bonchev–Trinajstić information content (AvgIpc) is 2.52. The van der Waals surface area contributed by atoms with Gasteiger partial charge in [-0.3, -0.25) is 0 Å². The van der Waals surface area contributed by atoms with Crippen molar-refractivity contribution in [3.8, 4) is 0 Å². The van der Waals surface area contributed by atoms with Gasteiger partial charge in [0, 0.05) is 12.5 Å². The first-order valence-electron chi connectivity index (χ1n) is 5.56. The standard InChI is InChI=1S/C13H22O/c1-5-11(4)9-12-6-7-14-13(12)8-10(2)3/h5,9-10,12-13H,1,6-8H2,2-4H3/b11-9+/t12-,13+/m1/s1. The highest BCUT2D eigenvalue weighted by Crippen LogP contribution is 2.28. The molecular formula is C13H22O. The maximum absolute atomic E-state index is 5.74. The van der Waals surface area contributed by atoms with Crippen LogP contribution in [-0.4, -0.2) is 12.7 Å². The van der Waals surface area contributed by atoms with Crippen LogP contribution in [0.15, 0.2) is 24.3 Å². The summed E-state index contributed by atoms with van der Waals surface area (Å²) in [6.45, 7) is 11.3. The van der Waals surface area contributed by atoms with Gasteiger partial charge in [0.1, 0.15) is 0 Å². The largest absolute Gasteiger partial charge is 0.378 e. The zero-order valence-corrected chi connectivity index (χ0v) is 9.62. The average molecular weight is 194 g/mol. The number of hydrogen-bond donors (Lipinski definition) is 0. The van der Waals surface area contributed by atoms with Gasteiger partial charge >= 0.3 is 0 Å². The van der Waals surface area contributed by atoms with Crippen LogP contribution in [0.1, 0.15) is 33.6 Å². The predicted octanol–water partition coefficient (Wildman–Crippen LogP) is 3.57. The fraction of sp³-hybridized carbons (Fsp3) is 0.692. The summed E-state index contributed by atoms with van der Waals surface area (Å²) >= 11 is 0. The second-order valence-electron chi connectivity index (χ2n) is 4.61. The molecule has 0 amide bonds. The van der Waals surface area contributed by atoms with Crippen molar-refractivity contribution in [3.05, 3.63) is 24.3 Å². The van der Waals surface area contributed by atoms with Crippen LogP contribution in [0.5, 0.6) is 0 Å². The van der Waals surface area contributed by atoms with Gasteiger partial charge < -0.3 is 4.74 Å². The molecule has 0 aromatic rings. The first-order chi connectivity index (χ1) is 6.63. The van der Waals surface area contributed by atoms with Gasteiger partial charge in [-0.1, -0.05) is 38.2 Å². The lowest BCUT2D eigenvalue weighted by atomic mass is 9.92. The molecule has 1 heteroatoms. The third-order valence-electron chi connectivity index (χ3n) is 2.76. The molecule has 0 spiro atoms. The van der Waals surface area contributed by atoms with Crippen molar-refractivity contribution in [2.45, 2.75) is 39.7 Å². The van der Waals surface area contributed by atoms with Crippen molar-refractivity contribution in [3.63, 3.8) is 0 Å². The second kappa shape index (κ2) is 5.35. The van der Waals surface area contributed by atoms with Crippen LogP contribution in [0.4, 0.5) is 0 Å². The molecule has 1 rings (SSSR count). The van der Waals surface area contributed by atoms with Crippen LogP contribution in [0, 0.1) is 11.8 Å². The SMILES string of the molecule is C=C/C(C)=C/[C@H]1CCO[C@H]1CC(C)C. The Bertz CT molecular complexity index is 215. The van der Waals surface area contributed by atoms with Crippen molar-refractivity contribution in [2.75, 3.05) is 6.61 Å². The monoisotopic (exact) mass is 194 g/mol. The van der Waals surface area contributed by atoms with E-state index in [0.29, 0.717) is 12.0 Å². The molecule has 0 N–H and O–H groups in total. The third kappa shape index (κ3) is 3.30. The highest BCUT2D eigenvalue weighted by atomic mass is 16.5. The van der Waals surface area contributed by atoms with Gasteiger partial charge in [-0.25, -0.2) is 0 Å². The quantitative estimate of drug-likeness (QED) is 0.622. The van der Waals surface area contributed by atoms with E-state index >= 15 is 0 Å². The molecule has 1 saturated heterocycles. The van der Waals surface area contributed by atoms with Crippen LogP contribution in [0.25, 0.3) is 0 Å². The molecule has 1 heterocycles. The van der Waals surface area contributed by atoms with Crippen LogP contribution in [0.2, 0.25) is 0 Å². The number of ether oxygens (including phenoxy) is 1. The molecule has 1 nitrogen and oxygen atoms in total. The maximum Gasteiger partial charge on any atom is 0.0641 e. The molecule has 0 radical (unpaired) electrons. The first-order valence-corrected chi connectivity index (χ1v) is 5.56. The molecule has 0 aromatic carbocycles. The summed E-state index contributed by atoms with van der Waals surface area (Å²) in [7, 11) is 0. The topological polar surface area (TPSA) is 9.23 Å². The van der Waals surface area contributed by atoms with Gasteiger partial charge in [0.15, 0.2) is 0 Å². The summed E-state index contributed by atoms with van der Waals surface area (Å²) in [5.41, 5.74) is 1.27. The summed E-state index contributed by atoms with van der Waals surface area (Å²) in [6, 6.07) is 0. The summed E-state index contributed by atoms with van der Waals surface area (Å²) in [5.74, 6) is 1.33. The number of hydrogen-bond acceptors (Lipinski definition) is 1. The van der Waals surface area contributed by atoms with E-state index in [2.05, 4.69) is 33.4 Å². The van der Waals surface area contributed by atoms with E-state index in [1.54, 1.807) is 0 Å². The minimum atomic E-state index is 0.435. The summed E-state index contributed by atoms with van der Waals surface area (Å²) in [5, 5.41) is 0. The van der Waals surface area contributed by atoms with Gasteiger partial charge in [0.25, 0.3) is 0 Å². The molecule has 0 aromatic heterocycles. The molecule has 1 fully saturated rings. The fourth-order valence-electron chi connectivity index (χ4n) is 1.97. The van der Waals surface area contributed by atoms with Gasteiger partial charge in [0.2, 0.25) is 0 Å². The highest BCUT2D eigenvalue weighted by molar-refractivity contribution is 5.15. The van der Waals surface area contributed by atoms with E-state index < -0.39 is 0 Å². The second-order valence-corrected chi connectivity index (χ2v) is 4.61. The molecule has 1 aliphatic rings. The van der Waals surface area contributed by atoms with Crippen LogP contribution >= 0.6 is 0 Å². The van der Waals surface area contributed by atoms with Crippen molar-refractivity contribution in [1.29, 1.82) is 0 Å². The highest BCUT2D eigenvalue weighted by Gasteiger charge is 2.26. The Labute approximate surface area is 87.8 Å². The lowest BCUT2D eigenvalue weighted by Gasteiger charge is -2.17. The summed E-state index contributed by atoms with van der Waals surface area (Å²) in [6.07, 6.45) is 7.01. The van der Waals surface area contributed by atoms with Gasteiger partial charge in [-0.2, -0.15) is 0 Å². The van der Waals surface area contributed by atoms with Crippen LogP contribution in [-0.2, 0) is 4.74 Å². The Kier molecular flexibility index (Phi) is 4.40.